The molecule has 0 saturated carbocycles. The van der Waals surface area contributed by atoms with Gasteiger partial charge in [0.25, 0.3) is 0 Å². The lowest BCUT2D eigenvalue weighted by atomic mass is 10.0. The van der Waals surface area contributed by atoms with Crippen LogP contribution in [0.15, 0.2) is 53.7 Å². The Morgan fingerprint density at radius 1 is 1.32 bits per heavy atom. The summed E-state index contributed by atoms with van der Waals surface area (Å²) < 4.78 is 0. The second kappa shape index (κ2) is 7.78. The van der Waals surface area contributed by atoms with E-state index < -0.39 is 0 Å². The monoisotopic (exact) mass is 293 g/mol. The average molecular weight is 293 g/mol. The number of hydrogen-bond acceptors (Lipinski definition) is 4. The van der Waals surface area contributed by atoms with E-state index in [4.69, 9.17) is 0 Å². The molecule has 0 fully saturated rings. The number of rotatable bonds is 6. The van der Waals surface area contributed by atoms with Gasteiger partial charge in [-0.2, -0.15) is 0 Å². The number of allylic oxidation sites excluding steroid dienone is 3. The third-order valence-corrected chi connectivity index (χ3v) is 5.87. The molecule has 4 heteroatoms. The van der Waals surface area contributed by atoms with Crippen LogP contribution in [0, 0.1) is 5.92 Å². The standard InChI is InChI=1S/C15H19NOS2/c1-12-6-2-3-7-14(12)19-13(10-17)11-18-15-8-4-5-9-16-15/h2-9,12-14,17H,10-11H2,1H3. The van der Waals surface area contributed by atoms with E-state index in [1.54, 1.807) is 18.0 Å². The highest BCUT2D eigenvalue weighted by Gasteiger charge is 2.20. The van der Waals surface area contributed by atoms with Crippen molar-refractivity contribution in [3.05, 3.63) is 48.7 Å². The SMILES string of the molecule is CC1C=CC=CC1SC(CO)CSc1ccccn1. The van der Waals surface area contributed by atoms with Crippen molar-refractivity contribution >= 4 is 23.5 Å². The Balaban J connectivity index is 1.83. The van der Waals surface area contributed by atoms with Crippen LogP contribution >= 0.6 is 23.5 Å². The van der Waals surface area contributed by atoms with E-state index in [-0.39, 0.29) is 11.9 Å². The van der Waals surface area contributed by atoms with E-state index in [2.05, 4.69) is 36.2 Å². The molecule has 102 valence electrons. The molecule has 1 aromatic heterocycles. The van der Waals surface area contributed by atoms with Crippen molar-refractivity contribution in [1.82, 2.24) is 4.98 Å². The van der Waals surface area contributed by atoms with E-state index >= 15 is 0 Å². The summed E-state index contributed by atoms with van der Waals surface area (Å²) in [6.45, 7) is 2.43. The van der Waals surface area contributed by atoms with Crippen molar-refractivity contribution < 1.29 is 5.11 Å². The maximum absolute atomic E-state index is 9.52. The van der Waals surface area contributed by atoms with E-state index in [1.807, 2.05) is 30.0 Å². The van der Waals surface area contributed by atoms with Gasteiger partial charge in [0.05, 0.1) is 11.6 Å². The molecule has 0 radical (unpaired) electrons. The molecule has 3 atom stereocenters. The Kier molecular flexibility index (Phi) is 6.01. The number of aromatic nitrogens is 1. The molecule has 1 aromatic rings. The van der Waals surface area contributed by atoms with Crippen LogP contribution in [-0.4, -0.2) is 33.0 Å². The highest BCUT2D eigenvalue weighted by Crippen LogP contribution is 2.31. The first-order chi connectivity index (χ1) is 9.29. The number of thioether (sulfide) groups is 2. The van der Waals surface area contributed by atoms with Crippen LogP contribution in [0.25, 0.3) is 0 Å². The normalized spacial score (nSPS) is 23.5. The summed E-state index contributed by atoms with van der Waals surface area (Å²) in [5, 5.41) is 11.3. The average Bonchev–Trinajstić information content (AvgIpc) is 2.46. The fourth-order valence-corrected chi connectivity index (χ4v) is 4.18. The van der Waals surface area contributed by atoms with Crippen molar-refractivity contribution in [2.75, 3.05) is 12.4 Å². The zero-order valence-corrected chi connectivity index (χ0v) is 12.6. The van der Waals surface area contributed by atoms with E-state index in [0.717, 1.165) is 10.8 Å². The van der Waals surface area contributed by atoms with Gasteiger partial charge in [-0.05, 0) is 18.1 Å². The van der Waals surface area contributed by atoms with E-state index in [9.17, 15) is 5.11 Å². The van der Waals surface area contributed by atoms with Crippen molar-refractivity contribution in [2.24, 2.45) is 5.92 Å². The molecule has 19 heavy (non-hydrogen) atoms. The van der Waals surface area contributed by atoms with Crippen LogP contribution in [0.4, 0.5) is 0 Å². The van der Waals surface area contributed by atoms with Gasteiger partial charge in [-0.1, -0.05) is 37.3 Å². The number of nitrogens with zero attached hydrogens (tertiary/aromatic N) is 1. The lowest BCUT2D eigenvalue weighted by Crippen LogP contribution is -2.21. The molecule has 0 amide bonds. The minimum Gasteiger partial charge on any atom is -0.395 e. The molecule has 0 bridgehead atoms. The van der Waals surface area contributed by atoms with Crippen LogP contribution in [-0.2, 0) is 0 Å². The first-order valence-corrected chi connectivity index (χ1v) is 8.37. The molecule has 0 aliphatic heterocycles. The van der Waals surface area contributed by atoms with Gasteiger partial charge in [-0.25, -0.2) is 4.98 Å². The zero-order chi connectivity index (χ0) is 13.5. The van der Waals surface area contributed by atoms with E-state index in [1.165, 1.54) is 0 Å². The molecule has 0 aromatic carbocycles. The van der Waals surface area contributed by atoms with Crippen LogP contribution < -0.4 is 0 Å². The number of aliphatic hydroxyl groups is 1. The summed E-state index contributed by atoms with van der Waals surface area (Å²) in [7, 11) is 0. The maximum Gasteiger partial charge on any atom is 0.0960 e. The van der Waals surface area contributed by atoms with Crippen LogP contribution in [0.2, 0.25) is 0 Å². The fourth-order valence-electron chi connectivity index (χ4n) is 1.84. The fraction of sp³-hybridized carbons (Fsp3) is 0.400. The molecule has 0 saturated heterocycles. The molecule has 0 spiro atoms. The zero-order valence-electron chi connectivity index (χ0n) is 11.0. The maximum atomic E-state index is 9.52. The Morgan fingerprint density at radius 2 is 2.16 bits per heavy atom. The molecule has 2 nitrogen and oxygen atoms in total. The molecule has 3 unspecified atom stereocenters. The first-order valence-electron chi connectivity index (χ1n) is 6.44. The van der Waals surface area contributed by atoms with Crippen molar-refractivity contribution in [3.63, 3.8) is 0 Å². The second-order valence-electron chi connectivity index (χ2n) is 4.51. The summed E-state index contributed by atoms with van der Waals surface area (Å²) in [5.41, 5.74) is 0. The summed E-state index contributed by atoms with van der Waals surface area (Å²) in [4.78, 5) is 4.29. The van der Waals surface area contributed by atoms with Crippen molar-refractivity contribution in [1.29, 1.82) is 0 Å². The molecular weight excluding hydrogens is 274 g/mol. The van der Waals surface area contributed by atoms with E-state index in [0.29, 0.717) is 11.2 Å². The Bertz CT molecular complexity index is 433. The van der Waals surface area contributed by atoms with Gasteiger partial charge in [-0.15, -0.1) is 23.5 Å². The third-order valence-electron chi connectivity index (χ3n) is 2.95. The van der Waals surface area contributed by atoms with Gasteiger partial charge in [0, 0.05) is 22.4 Å². The largest absolute Gasteiger partial charge is 0.395 e. The third kappa shape index (κ3) is 4.71. The topological polar surface area (TPSA) is 33.1 Å². The van der Waals surface area contributed by atoms with Crippen LogP contribution in [0.5, 0.6) is 0 Å². The molecule has 1 aliphatic carbocycles. The predicted octanol–water partition coefficient (Wildman–Crippen LogP) is 3.40. The number of hydrogen-bond donors (Lipinski definition) is 1. The van der Waals surface area contributed by atoms with Gasteiger partial charge in [0.1, 0.15) is 0 Å². The Labute approximate surface area is 123 Å². The van der Waals surface area contributed by atoms with Crippen LogP contribution in [0.1, 0.15) is 6.92 Å². The van der Waals surface area contributed by atoms with Crippen molar-refractivity contribution in [2.45, 2.75) is 22.4 Å². The molecule has 1 heterocycles. The van der Waals surface area contributed by atoms with Crippen LogP contribution in [0.3, 0.4) is 0 Å². The highest BCUT2D eigenvalue weighted by atomic mass is 32.2. The summed E-state index contributed by atoms with van der Waals surface area (Å²) in [6.07, 6.45) is 10.4. The lowest BCUT2D eigenvalue weighted by Gasteiger charge is -2.24. The highest BCUT2D eigenvalue weighted by molar-refractivity contribution is 8.03. The molecule has 1 aliphatic rings. The Hall–Kier alpha value is -0.710. The minimum atomic E-state index is 0.214. The predicted molar refractivity (Wildman–Crippen MR) is 84.7 cm³/mol. The summed E-state index contributed by atoms with van der Waals surface area (Å²) in [5.74, 6) is 1.42. The first kappa shape index (κ1) is 14.7. The molecular formula is C15H19NOS2. The smallest absolute Gasteiger partial charge is 0.0960 e. The van der Waals surface area contributed by atoms with Gasteiger partial charge >= 0.3 is 0 Å². The molecule has 2 rings (SSSR count). The van der Waals surface area contributed by atoms with Crippen molar-refractivity contribution in [3.8, 4) is 0 Å². The summed E-state index contributed by atoms with van der Waals surface area (Å²) >= 11 is 3.57. The minimum absolute atomic E-state index is 0.214. The van der Waals surface area contributed by atoms with Gasteiger partial charge in [0.2, 0.25) is 0 Å². The quantitative estimate of drug-likeness (QED) is 0.815. The van der Waals surface area contributed by atoms with Gasteiger partial charge in [-0.3, -0.25) is 0 Å². The number of aliphatic hydroxyl groups excluding tert-OH is 1. The van der Waals surface area contributed by atoms with Gasteiger partial charge in [0.15, 0.2) is 0 Å². The second-order valence-corrected chi connectivity index (χ2v) is 7.04. The van der Waals surface area contributed by atoms with Gasteiger partial charge < -0.3 is 5.11 Å². The molecule has 1 N–H and O–H groups in total. The summed E-state index contributed by atoms with van der Waals surface area (Å²) in [6, 6.07) is 5.92. The number of pyridine rings is 1. The lowest BCUT2D eigenvalue weighted by molar-refractivity contribution is 0.301. The Morgan fingerprint density at radius 3 is 2.84 bits per heavy atom.